The molecule has 4 heteroatoms. The number of hydrogen-bond donors (Lipinski definition) is 3. The van der Waals surface area contributed by atoms with E-state index in [-0.39, 0.29) is 17.9 Å². The summed E-state index contributed by atoms with van der Waals surface area (Å²) >= 11 is 0. The molecule has 0 aromatic heterocycles. The number of aliphatic hydroxyl groups excluding tert-OH is 2. The maximum absolute atomic E-state index is 11.2. The first-order valence-corrected chi connectivity index (χ1v) is 5.14. The van der Waals surface area contributed by atoms with Crippen molar-refractivity contribution >= 4 is 5.91 Å². The molecule has 0 saturated heterocycles. The summed E-state index contributed by atoms with van der Waals surface area (Å²) < 4.78 is 0. The van der Waals surface area contributed by atoms with Crippen LogP contribution in [0.25, 0.3) is 0 Å². The van der Waals surface area contributed by atoms with Gasteiger partial charge in [0.2, 0.25) is 5.91 Å². The zero-order valence-corrected chi connectivity index (χ0v) is 8.62. The third kappa shape index (κ3) is 3.64. The van der Waals surface area contributed by atoms with E-state index < -0.39 is 6.10 Å². The molecule has 0 aromatic carbocycles. The van der Waals surface area contributed by atoms with E-state index in [2.05, 4.69) is 5.32 Å². The Bertz CT molecular complexity index is 200. The van der Waals surface area contributed by atoms with Crippen LogP contribution in [0.1, 0.15) is 32.6 Å². The number of carbonyl (C=O) groups excluding carboxylic acids is 1. The molecule has 1 fully saturated rings. The monoisotopic (exact) mass is 201 g/mol. The molecular formula is C10H19NO3. The first-order chi connectivity index (χ1) is 6.58. The molecule has 1 aliphatic carbocycles. The number of rotatable bonds is 6. The van der Waals surface area contributed by atoms with E-state index >= 15 is 0 Å². The molecule has 0 spiro atoms. The van der Waals surface area contributed by atoms with Crippen LogP contribution >= 0.6 is 0 Å². The molecule has 1 aliphatic rings. The molecule has 0 radical (unpaired) electrons. The Morgan fingerprint density at radius 1 is 1.57 bits per heavy atom. The fraction of sp³-hybridized carbons (Fsp3) is 0.900. The fourth-order valence-corrected chi connectivity index (χ4v) is 1.28. The van der Waals surface area contributed by atoms with E-state index in [1.54, 1.807) is 6.92 Å². The molecule has 1 atom stereocenters. The standard InChI is InChI=1S/C10H19NO3/c1-8(13)2-3-9(14)11-6-10(7-12)4-5-10/h8,12-13H,2-7H2,1H3,(H,11,14). The lowest BCUT2D eigenvalue weighted by molar-refractivity contribution is -0.121. The summed E-state index contributed by atoms with van der Waals surface area (Å²) in [6, 6.07) is 0. The third-order valence-corrected chi connectivity index (χ3v) is 2.74. The van der Waals surface area contributed by atoms with Crippen LogP contribution in [0, 0.1) is 5.41 Å². The minimum Gasteiger partial charge on any atom is -0.396 e. The predicted octanol–water partition coefficient (Wildman–Crippen LogP) is 0.0361. The van der Waals surface area contributed by atoms with Crippen molar-refractivity contribution in [1.82, 2.24) is 5.32 Å². The van der Waals surface area contributed by atoms with Gasteiger partial charge in [-0.15, -0.1) is 0 Å². The Morgan fingerprint density at radius 3 is 2.64 bits per heavy atom. The quantitative estimate of drug-likeness (QED) is 0.568. The van der Waals surface area contributed by atoms with Crippen LogP contribution in [0.2, 0.25) is 0 Å². The van der Waals surface area contributed by atoms with Crippen LogP contribution < -0.4 is 5.32 Å². The largest absolute Gasteiger partial charge is 0.396 e. The maximum Gasteiger partial charge on any atom is 0.220 e. The highest BCUT2D eigenvalue weighted by Gasteiger charge is 2.41. The van der Waals surface area contributed by atoms with Gasteiger partial charge in [-0.25, -0.2) is 0 Å². The van der Waals surface area contributed by atoms with Gasteiger partial charge in [0.15, 0.2) is 0 Å². The number of amides is 1. The molecule has 0 aromatic rings. The van der Waals surface area contributed by atoms with Gasteiger partial charge in [0.1, 0.15) is 0 Å². The molecule has 14 heavy (non-hydrogen) atoms. The van der Waals surface area contributed by atoms with Crippen LogP contribution in [-0.2, 0) is 4.79 Å². The highest BCUT2D eigenvalue weighted by molar-refractivity contribution is 5.75. The molecule has 82 valence electrons. The number of hydrogen-bond acceptors (Lipinski definition) is 3. The van der Waals surface area contributed by atoms with Crippen molar-refractivity contribution < 1.29 is 15.0 Å². The van der Waals surface area contributed by atoms with Crippen molar-refractivity contribution in [1.29, 1.82) is 0 Å². The van der Waals surface area contributed by atoms with E-state index in [1.165, 1.54) is 0 Å². The zero-order chi connectivity index (χ0) is 10.6. The predicted molar refractivity (Wildman–Crippen MR) is 52.7 cm³/mol. The van der Waals surface area contributed by atoms with E-state index in [4.69, 9.17) is 10.2 Å². The molecule has 0 heterocycles. The summed E-state index contributed by atoms with van der Waals surface area (Å²) in [6.45, 7) is 2.40. The third-order valence-electron chi connectivity index (χ3n) is 2.74. The van der Waals surface area contributed by atoms with Crippen molar-refractivity contribution in [2.24, 2.45) is 5.41 Å². The molecule has 0 bridgehead atoms. The lowest BCUT2D eigenvalue weighted by atomic mass is 10.1. The van der Waals surface area contributed by atoms with Gasteiger partial charge in [-0.1, -0.05) is 0 Å². The number of carbonyl (C=O) groups is 1. The fourth-order valence-electron chi connectivity index (χ4n) is 1.28. The molecule has 1 unspecified atom stereocenters. The lowest BCUT2D eigenvalue weighted by Crippen LogP contribution is -2.32. The average molecular weight is 201 g/mol. The smallest absolute Gasteiger partial charge is 0.220 e. The van der Waals surface area contributed by atoms with E-state index in [0.29, 0.717) is 19.4 Å². The topological polar surface area (TPSA) is 69.6 Å². The Balaban J connectivity index is 2.09. The summed E-state index contributed by atoms with van der Waals surface area (Å²) in [5, 5.41) is 20.7. The summed E-state index contributed by atoms with van der Waals surface area (Å²) in [5.74, 6) is -0.0365. The lowest BCUT2D eigenvalue weighted by Gasteiger charge is -2.12. The van der Waals surface area contributed by atoms with Gasteiger partial charge in [0.25, 0.3) is 0 Å². The summed E-state index contributed by atoms with van der Waals surface area (Å²) in [5.41, 5.74) is -0.0273. The van der Waals surface area contributed by atoms with Gasteiger partial charge in [-0.3, -0.25) is 4.79 Å². The van der Waals surface area contributed by atoms with Crippen LogP contribution in [0.15, 0.2) is 0 Å². The molecule has 0 aliphatic heterocycles. The van der Waals surface area contributed by atoms with Gasteiger partial charge < -0.3 is 15.5 Å². The molecule has 1 saturated carbocycles. The second-order valence-corrected chi connectivity index (χ2v) is 4.32. The van der Waals surface area contributed by atoms with Crippen molar-refractivity contribution in [3.05, 3.63) is 0 Å². The van der Waals surface area contributed by atoms with Gasteiger partial charge in [0.05, 0.1) is 12.7 Å². The summed E-state index contributed by atoms with van der Waals surface area (Å²) in [4.78, 5) is 11.2. The number of nitrogens with one attached hydrogen (secondary N) is 1. The second-order valence-electron chi connectivity index (χ2n) is 4.32. The second kappa shape index (κ2) is 4.75. The van der Waals surface area contributed by atoms with Gasteiger partial charge in [-0.2, -0.15) is 0 Å². The Labute approximate surface area is 84.3 Å². The number of aliphatic hydroxyl groups is 2. The highest BCUT2D eigenvalue weighted by Crippen LogP contribution is 2.44. The van der Waals surface area contributed by atoms with Crippen LogP contribution in [0.4, 0.5) is 0 Å². The minimum atomic E-state index is -0.423. The first kappa shape index (κ1) is 11.5. The van der Waals surface area contributed by atoms with Crippen LogP contribution in [-0.4, -0.2) is 35.4 Å². The zero-order valence-electron chi connectivity index (χ0n) is 8.62. The highest BCUT2D eigenvalue weighted by atomic mass is 16.3. The summed E-state index contributed by atoms with van der Waals surface area (Å²) in [7, 11) is 0. The normalized spacial score (nSPS) is 20.2. The summed E-state index contributed by atoms with van der Waals surface area (Å²) in [6.07, 6.45) is 2.44. The molecular weight excluding hydrogens is 182 g/mol. The Hall–Kier alpha value is -0.610. The Kier molecular flexibility index (Phi) is 3.89. The van der Waals surface area contributed by atoms with Crippen LogP contribution in [0.3, 0.4) is 0 Å². The Morgan fingerprint density at radius 2 is 2.21 bits per heavy atom. The molecule has 1 rings (SSSR count). The maximum atomic E-state index is 11.2. The minimum absolute atomic E-state index is 0.0273. The van der Waals surface area contributed by atoms with Crippen molar-refractivity contribution in [3.63, 3.8) is 0 Å². The molecule has 1 amide bonds. The average Bonchev–Trinajstić information content (AvgIpc) is 2.92. The SMILES string of the molecule is CC(O)CCC(=O)NCC1(CO)CC1. The van der Waals surface area contributed by atoms with Crippen molar-refractivity contribution in [3.8, 4) is 0 Å². The van der Waals surface area contributed by atoms with Gasteiger partial charge in [0, 0.05) is 18.4 Å². The van der Waals surface area contributed by atoms with Crippen molar-refractivity contribution in [2.45, 2.75) is 38.7 Å². The molecule has 3 N–H and O–H groups in total. The van der Waals surface area contributed by atoms with Crippen LogP contribution in [0.5, 0.6) is 0 Å². The first-order valence-electron chi connectivity index (χ1n) is 5.14. The van der Waals surface area contributed by atoms with E-state index in [1.807, 2.05) is 0 Å². The van der Waals surface area contributed by atoms with Gasteiger partial charge in [-0.05, 0) is 26.2 Å². The van der Waals surface area contributed by atoms with E-state index in [0.717, 1.165) is 12.8 Å². The van der Waals surface area contributed by atoms with E-state index in [9.17, 15) is 4.79 Å². The molecule has 4 nitrogen and oxygen atoms in total. The van der Waals surface area contributed by atoms with Gasteiger partial charge >= 0.3 is 0 Å². The van der Waals surface area contributed by atoms with Crippen molar-refractivity contribution in [2.75, 3.05) is 13.2 Å².